The molecule has 0 amide bonds. The summed E-state index contributed by atoms with van der Waals surface area (Å²) in [7, 11) is 0. The van der Waals surface area contributed by atoms with Crippen LogP contribution < -0.4 is 5.32 Å². The summed E-state index contributed by atoms with van der Waals surface area (Å²) in [6.07, 6.45) is -0.795. The Morgan fingerprint density at radius 2 is 2.07 bits per heavy atom. The van der Waals surface area contributed by atoms with E-state index >= 15 is 0 Å². The Morgan fingerprint density at radius 3 is 2.60 bits per heavy atom. The first-order valence-corrected chi connectivity index (χ1v) is 5.28. The summed E-state index contributed by atoms with van der Waals surface area (Å²) in [6, 6.07) is 3.41. The molecular weight excluding hydrogens is 237 g/mol. The molecule has 0 saturated heterocycles. The number of hydrogen-bond acceptors (Lipinski definition) is 3. The van der Waals surface area contributed by atoms with Crippen molar-refractivity contribution in [2.45, 2.75) is 13.0 Å². The topological polar surface area (TPSA) is 52.5 Å². The van der Waals surface area contributed by atoms with E-state index in [9.17, 15) is 5.11 Å². The SMILES string of the molecule is Cc1cc(Cl)cc(Cl)c1NCC(O)CO. The van der Waals surface area contributed by atoms with E-state index in [0.717, 1.165) is 11.3 Å². The van der Waals surface area contributed by atoms with Crippen LogP contribution in [0.5, 0.6) is 0 Å². The molecule has 0 bridgehead atoms. The smallest absolute Gasteiger partial charge is 0.0942 e. The number of hydrogen-bond donors (Lipinski definition) is 3. The average molecular weight is 250 g/mol. The summed E-state index contributed by atoms with van der Waals surface area (Å²) in [5.41, 5.74) is 1.63. The van der Waals surface area contributed by atoms with Gasteiger partial charge in [0.25, 0.3) is 0 Å². The van der Waals surface area contributed by atoms with Crippen LogP contribution in [0.25, 0.3) is 0 Å². The van der Waals surface area contributed by atoms with Gasteiger partial charge in [-0.15, -0.1) is 0 Å². The van der Waals surface area contributed by atoms with E-state index in [1.54, 1.807) is 12.1 Å². The molecule has 5 heteroatoms. The highest BCUT2D eigenvalue weighted by Gasteiger charge is 2.07. The highest BCUT2D eigenvalue weighted by Crippen LogP contribution is 2.29. The van der Waals surface area contributed by atoms with Gasteiger partial charge in [0.2, 0.25) is 0 Å². The maximum atomic E-state index is 9.17. The summed E-state index contributed by atoms with van der Waals surface area (Å²) in [4.78, 5) is 0. The zero-order chi connectivity index (χ0) is 11.4. The number of benzene rings is 1. The normalized spacial score (nSPS) is 12.6. The van der Waals surface area contributed by atoms with Crippen molar-refractivity contribution in [1.82, 2.24) is 0 Å². The first-order valence-electron chi connectivity index (χ1n) is 4.53. The van der Waals surface area contributed by atoms with Crippen molar-refractivity contribution in [1.29, 1.82) is 0 Å². The average Bonchev–Trinajstić information content (AvgIpc) is 2.15. The summed E-state index contributed by atoms with van der Waals surface area (Å²) in [5, 5.41) is 21.9. The molecule has 0 heterocycles. The largest absolute Gasteiger partial charge is 0.394 e. The van der Waals surface area contributed by atoms with Crippen LogP contribution in [0.4, 0.5) is 5.69 Å². The number of rotatable bonds is 4. The maximum Gasteiger partial charge on any atom is 0.0942 e. The van der Waals surface area contributed by atoms with Crippen molar-refractivity contribution < 1.29 is 10.2 Å². The Hall–Kier alpha value is -0.480. The van der Waals surface area contributed by atoms with Gasteiger partial charge in [-0.25, -0.2) is 0 Å². The van der Waals surface area contributed by atoms with Gasteiger partial charge in [0.1, 0.15) is 0 Å². The number of aliphatic hydroxyl groups excluding tert-OH is 2. The molecule has 0 aliphatic heterocycles. The van der Waals surface area contributed by atoms with Gasteiger partial charge in [-0.2, -0.15) is 0 Å². The highest BCUT2D eigenvalue weighted by atomic mass is 35.5. The lowest BCUT2D eigenvalue weighted by atomic mass is 10.2. The molecule has 0 radical (unpaired) electrons. The molecule has 0 spiro atoms. The van der Waals surface area contributed by atoms with Crippen molar-refractivity contribution in [3.05, 3.63) is 27.7 Å². The lowest BCUT2D eigenvalue weighted by Crippen LogP contribution is -2.23. The molecule has 84 valence electrons. The molecule has 3 N–H and O–H groups in total. The van der Waals surface area contributed by atoms with Crippen molar-refractivity contribution >= 4 is 28.9 Å². The van der Waals surface area contributed by atoms with E-state index in [1.807, 2.05) is 6.92 Å². The Labute approximate surface area is 98.6 Å². The van der Waals surface area contributed by atoms with Crippen LogP contribution in [0.1, 0.15) is 5.56 Å². The number of anilines is 1. The van der Waals surface area contributed by atoms with Crippen LogP contribution in [-0.4, -0.2) is 29.5 Å². The zero-order valence-electron chi connectivity index (χ0n) is 8.30. The fourth-order valence-electron chi connectivity index (χ4n) is 1.21. The third-order valence-corrected chi connectivity index (χ3v) is 2.49. The van der Waals surface area contributed by atoms with E-state index in [0.29, 0.717) is 10.0 Å². The molecule has 3 nitrogen and oxygen atoms in total. The van der Waals surface area contributed by atoms with Crippen LogP contribution in [0, 0.1) is 6.92 Å². The van der Waals surface area contributed by atoms with Crippen molar-refractivity contribution in [3.8, 4) is 0 Å². The minimum absolute atomic E-state index is 0.249. The fourth-order valence-corrected chi connectivity index (χ4v) is 1.87. The Balaban J connectivity index is 2.77. The van der Waals surface area contributed by atoms with Gasteiger partial charge in [0, 0.05) is 11.6 Å². The molecular formula is C10H13Cl2NO2. The zero-order valence-corrected chi connectivity index (χ0v) is 9.81. The summed E-state index contributed by atoms with van der Waals surface area (Å²) >= 11 is 11.8. The first kappa shape index (κ1) is 12.6. The van der Waals surface area contributed by atoms with Gasteiger partial charge < -0.3 is 15.5 Å². The van der Waals surface area contributed by atoms with E-state index in [-0.39, 0.29) is 13.2 Å². The molecule has 1 aromatic carbocycles. The number of nitrogens with one attached hydrogen (secondary N) is 1. The number of aryl methyl sites for hydroxylation is 1. The van der Waals surface area contributed by atoms with Crippen LogP contribution >= 0.6 is 23.2 Å². The Morgan fingerprint density at radius 1 is 1.40 bits per heavy atom. The number of aliphatic hydroxyl groups is 2. The molecule has 0 aliphatic rings. The van der Waals surface area contributed by atoms with Gasteiger partial charge in [0.05, 0.1) is 23.4 Å². The predicted molar refractivity (Wildman–Crippen MR) is 62.8 cm³/mol. The molecule has 1 unspecified atom stereocenters. The molecule has 1 rings (SSSR count). The second kappa shape index (κ2) is 5.56. The van der Waals surface area contributed by atoms with Gasteiger partial charge >= 0.3 is 0 Å². The monoisotopic (exact) mass is 249 g/mol. The minimum Gasteiger partial charge on any atom is -0.394 e. The minimum atomic E-state index is -0.795. The third kappa shape index (κ3) is 3.54. The molecule has 0 aliphatic carbocycles. The predicted octanol–water partition coefficient (Wildman–Crippen LogP) is 2.07. The van der Waals surface area contributed by atoms with Crippen molar-refractivity contribution in [2.24, 2.45) is 0 Å². The van der Waals surface area contributed by atoms with Crippen LogP contribution in [0.2, 0.25) is 10.0 Å². The van der Waals surface area contributed by atoms with Gasteiger partial charge in [-0.3, -0.25) is 0 Å². The molecule has 0 aromatic heterocycles. The molecule has 0 fully saturated rings. The second-order valence-electron chi connectivity index (χ2n) is 3.30. The molecule has 0 saturated carbocycles. The van der Waals surface area contributed by atoms with Gasteiger partial charge in [-0.1, -0.05) is 23.2 Å². The van der Waals surface area contributed by atoms with E-state index in [1.165, 1.54) is 0 Å². The fraction of sp³-hybridized carbons (Fsp3) is 0.400. The standard InChI is InChI=1S/C10H13Cl2NO2/c1-6-2-7(11)3-9(12)10(6)13-4-8(15)5-14/h2-3,8,13-15H,4-5H2,1H3. The van der Waals surface area contributed by atoms with Crippen molar-refractivity contribution in [3.63, 3.8) is 0 Å². The molecule has 1 atom stereocenters. The van der Waals surface area contributed by atoms with E-state index in [4.69, 9.17) is 28.3 Å². The van der Waals surface area contributed by atoms with Crippen LogP contribution in [0.15, 0.2) is 12.1 Å². The lowest BCUT2D eigenvalue weighted by Gasteiger charge is -2.14. The van der Waals surface area contributed by atoms with Crippen LogP contribution in [-0.2, 0) is 0 Å². The van der Waals surface area contributed by atoms with Crippen molar-refractivity contribution in [2.75, 3.05) is 18.5 Å². The third-order valence-electron chi connectivity index (χ3n) is 1.98. The Kier molecular flexibility index (Phi) is 4.67. The van der Waals surface area contributed by atoms with Crippen LogP contribution in [0.3, 0.4) is 0 Å². The second-order valence-corrected chi connectivity index (χ2v) is 4.14. The summed E-state index contributed by atoms with van der Waals surface area (Å²) < 4.78 is 0. The first-order chi connectivity index (χ1) is 7.04. The van der Waals surface area contributed by atoms with E-state index < -0.39 is 6.10 Å². The highest BCUT2D eigenvalue weighted by molar-refractivity contribution is 6.36. The van der Waals surface area contributed by atoms with Gasteiger partial charge in [-0.05, 0) is 24.6 Å². The molecule has 1 aromatic rings. The lowest BCUT2D eigenvalue weighted by molar-refractivity contribution is 0.105. The van der Waals surface area contributed by atoms with E-state index in [2.05, 4.69) is 5.32 Å². The van der Waals surface area contributed by atoms with Gasteiger partial charge in [0.15, 0.2) is 0 Å². The quantitative estimate of drug-likeness (QED) is 0.766. The number of halogens is 2. The Bertz CT molecular complexity index is 321. The molecule has 15 heavy (non-hydrogen) atoms. The summed E-state index contributed by atoms with van der Waals surface area (Å²) in [6.45, 7) is 1.83. The maximum absolute atomic E-state index is 9.17. The summed E-state index contributed by atoms with van der Waals surface area (Å²) in [5.74, 6) is 0.